The second-order valence-electron chi connectivity index (χ2n) is 5.18. The number of hydrogen-bond donors (Lipinski definition) is 2. The number of carboxylic acid groups (broad SMARTS) is 1. The molecule has 114 valence electrons. The van der Waals surface area contributed by atoms with Gasteiger partial charge in [0.2, 0.25) is 0 Å². The lowest BCUT2D eigenvalue weighted by atomic mass is 10.1. The van der Waals surface area contributed by atoms with Gasteiger partial charge in [-0.05, 0) is 43.5 Å². The molecule has 1 aromatic rings. The van der Waals surface area contributed by atoms with Crippen LogP contribution < -0.4 is 10.2 Å². The van der Waals surface area contributed by atoms with E-state index < -0.39 is 5.97 Å². The first-order valence-electron chi connectivity index (χ1n) is 6.96. The molecule has 0 spiro atoms. The summed E-state index contributed by atoms with van der Waals surface area (Å²) in [5.74, 6) is -0.950. The van der Waals surface area contributed by atoms with Gasteiger partial charge in [-0.25, -0.2) is 9.59 Å². The lowest BCUT2D eigenvalue weighted by molar-refractivity contribution is 0.0697. The molecule has 0 aliphatic carbocycles. The van der Waals surface area contributed by atoms with Crippen molar-refractivity contribution < 1.29 is 19.4 Å². The number of carboxylic acids is 1. The van der Waals surface area contributed by atoms with E-state index in [-0.39, 0.29) is 17.6 Å². The van der Waals surface area contributed by atoms with Gasteiger partial charge in [-0.1, -0.05) is 0 Å². The molecule has 0 fully saturated rings. The van der Waals surface area contributed by atoms with Crippen LogP contribution in [-0.2, 0) is 11.2 Å². The van der Waals surface area contributed by atoms with Gasteiger partial charge in [0.25, 0.3) is 0 Å². The van der Waals surface area contributed by atoms with Gasteiger partial charge in [-0.3, -0.25) is 4.90 Å². The highest BCUT2D eigenvalue weighted by atomic mass is 16.5. The molecule has 2 N–H and O–H groups in total. The zero-order valence-electron chi connectivity index (χ0n) is 12.3. The number of urea groups is 1. The van der Waals surface area contributed by atoms with Crippen molar-refractivity contribution in [2.24, 2.45) is 0 Å². The Balaban J connectivity index is 2.05. The number of ether oxygens (including phenoxy) is 1. The van der Waals surface area contributed by atoms with Gasteiger partial charge in [0.1, 0.15) is 0 Å². The number of benzene rings is 1. The number of nitrogens with zero attached hydrogens (tertiary/aromatic N) is 1. The number of amides is 2. The van der Waals surface area contributed by atoms with Gasteiger partial charge in [0, 0.05) is 32.0 Å². The maximum atomic E-state index is 12.3. The van der Waals surface area contributed by atoms with Gasteiger partial charge in [0.05, 0.1) is 5.56 Å². The van der Waals surface area contributed by atoms with E-state index in [0.717, 1.165) is 17.7 Å². The Morgan fingerprint density at radius 2 is 2.24 bits per heavy atom. The Bertz CT molecular complexity index is 544. The molecule has 6 nitrogen and oxygen atoms in total. The lowest BCUT2D eigenvalue weighted by Gasteiger charge is -2.21. The van der Waals surface area contributed by atoms with E-state index in [4.69, 9.17) is 9.84 Å². The molecule has 0 saturated carbocycles. The van der Waals surface area contributed by atoms with E-state index in [1.54, 1.807) is 24.1 Å². The predicted octanol–water partition coefficient (Wildman–Crippen LogP) is 1.88. The first kappa shape index (κ1) is 15.3. The number of nitrogens with one attached hydrogen (secondary N) is 1. The molecule has 1 unspecified atom stereocenters. The van der Waals surface area contributed by atoms with Crippen LogP contribution in [0.25, 0.3) is 0 Å². The number of methoxy groups -OCH3 is 1. The summed E-state index contributed by atoms with van der Waals surface area (Å²) in [6.07, 6.45) is 1.43. The topological polar surface area (TPSA) is 78.9 Å². The number of hydrogen-bond acceptors (Lipinski definition) is 3. The molecule has 1 atom stereocenters. The molecule has 1 aromatic carbocycles. The number of anilines is 1. The molecular weight excluding hydrogens is 272 g/mol. The van der Waals surface area contributed by atoms with Crippen LogP contribution in [0.15, 0.2) is 18.2 Å². The molecule has 0 saturated heterocycles. The molecule has 6 heteroatoms. The van der Waals surface area contributed by atoms with E-state index >= 15 is 0 Å². The normalized spacial score (nSPS) is 14.7. The zero-order chi connectivity index (χ0) is 15.4. The van der Waals surface area contributed by atoms with Gasteiger partial charge in [-0.2, -0.15) is 0 Å². The predicted molar refractivity (Wildman–Crippen MR) is 78.9 cm³/mol. The summed E-state index contributed by atoms with van der Waals surface area (Å²) in [7, 11) is 1.63. The van der Waals surface area contributed by atoms with E-state index in [9.17, 15) is 9.59 Å². The first-order valence-corrected chi connectivity index (χ1v) is 6.96. The lowest BCUT2D eigenvalue weighted by Crippen LogP contribution is -2.43. The fourth-order valence-electron chi connectivity index (χ4n) is 2.40. The second-order valence-corrected chi connectivity index (χ2v) is 5.18. The highest BCUT2D eigenvalue weighted by Crippen LogP contribution is 2.29. The van der Waals surface area contributed by atoms with Crippen LogP contribution in [0.3, 0.4) is 0 Å². The summed E-state index contributed by atoms with van der Waals surface area (Å²) in [5, 5.41) is 11.9. The molecule has 1 aliphatic rings. The van der Waals surface area contributed by atoms with Crippen LogP contribution >= 0.6 is 0 Å². The van der Waals surface area contributed by atoms with E-state index in [2.05, 4.69) is 5.32 Å². The summed E-state index contributed by atoms with van der Waals surface area (Å²) < 4.78 is 4.99. The number of carbonyl (C=O) groups is 2. The smallest absolute Gasteiger partial charge is 0.335 e. The Hall–Kier alpha value is -2.08. The van der Waals surface area contributed by atoms with Crippen molar-refractivity contribution in [3.05, 3.63) is 29.3 Å². The van der Waals surface area contributed by atoms with Crippen molar-refractivity contribution in [3.63, 3.8) is 0 Å². The molecule has 0 bridgehead atoms. The van der Waals surface area contributed by atoms with Crippen molar-refractivity contribution in [3.8, 4) is 0 Å². The van der Waals surface area contributed by atoms with Gasteiger partial charge in [0.15, 0.2) is 0 Å². The Kier molecular flexibility index (Phi) is 4.80. The molecule has 0 aromatic heterocycles. The summed E-state index contributed by atoms with van der Waals surface area (Å²) in [5.41, 5.74) is 1.94. The van der Waals surface area contributed by atoms with Crippen LogP contribution in [0.5, 0.6) is 0 Å². The first-order chi connectivity index (χ1) is 10.0. The SMILES string of the molecule is COCCC(C)NC(=O)N1CCc2cc(C(=O)O)ccc21. The van der Waals surface area contributed by atoms with Gasteiger partial charge in [-0.15, -0.1) is 0 Å². The Labute approximate surface area is 123 Å². The van der Waals surface area contributed by atoms with Crippen LogP contribution in [0.2, 0.25) is 0 Å². The van der Waals surface area contributed by atoms with Crippen molar-refractivity contribution in [2.75, 3.05) is 25.2 Å². The van der Waals surface area contributed by atoms with E-state index in [0.29, 0.717) is 19.6 Å². The largest absolute Gasteiger partial charge is 0.478 e. The molecule has 2 amide bonds. The molecule has 0 radical (unpaired) electrons. The molecule has 21 heavy (non-hydrogen) atoms. The molecule has 2 rings (SSSR count). The minimum absolute atomic E-state index is 0.0276. The van der Waals surface area contributed by atoms with Crippen LogP contribution in [0.1, 0.15) is 29.3 Å². The second kappa shape index (κ2) is 6.58. The van der Waals surface area contributed by atoms with Crippen LogP contribution in [0.4, 0.5) is 10.5 Å². The van der Waals surface area contributed by atoms with Crippen molar-refractivity contribution in [1.82, 2.24) is 5.32 Å². The monoisotopic (exact) mass is 292 g/mol. The summed E-state index contributed by atoms with van der Waals surface area (Å²) in [4.78, 5) is 24.9. The van der Waals surface area contributed by atoms with E-state index in [1.165, 1.54) is 6.07 Å². The minimum atomic E-state index is -0.950. The van der Waals surface area contributed by atoms with Crippen LogP contribution in [-0.4, -0.2) is 43.4 Å². The fourth-order valence-corrected chi connectivity index (χ4v) is 2.40. The standard InChI is InChI=1S/C15H20N2O4/c1-10(6-8-21-2)16-15(20)17-7-5-11-9-12(14(18)19)3-4-13(11)17/h3-4,9-10H,5-8H2,1-2H3,(H,16,20)(H,18,19). The average Bonchev–Trinajstić information content (AvgIpc) is 2.87. The highest BCUT2D eigenvalue weighted by Gasteiger charge is 2.26. The summed E-state index contributed by atoms with van der Waals surface area (Å²) in [6.45, 7) is 3.10. The van der Waals surface area contributed by atoms with Crippen molar-refractivity contribution in [1.29, 1.82) is 0 Å². The van der Waals surface area contributed by atoms with Gasteiger partial charge >= 0.3 is 12.0 Å². The van der Waals surface area contributed by atoms with Crippen molar-refractivity contribution >= 4 is 17.7 Å². The third kappa shape index (κ3) is 3.52. The minimum Gasteiger partial charge on any atom is -0.478 e. The number of carbonyl (C=O) groups excluding carboxylic acids is 1. The third-order valence-corrected chi connectivity index (χ3v) is 3.59. The Morgan fingerprint density at radius 3 is 2.90 bits per heavy atom. The van der Waals surface area contributed by atoms with Crippen molar-refractivity contribution in [2.45, 2.75) is 25.8 Å². The summed E-state index contributed by atoms with van der Waals surface area (Å²) in [6, 6.07) is 4.74. The molecule has 1 heterocycles. The van der Waals surface area contributed by atoms with Gasteiger partial charge < -0.3 is 15.2 Å². The highest BCUT2D eigenvalue weighted by molar-refractivity contribution is 5.96. The number of rotatable bonds is 5. The Morgan fingerprint density at radius 1 is 1.48 bits per heavy atom. The average molecular weight is 292 g/mol. The molecular formula is C15H20N2O4. The summed E-state index contributed by atoms with van der Waals surface area (Å²) >= 11 is 0. The zero-order valence-corrected chi connectivity index (χ0v) is 12.3. The maximum Gasteiger partial charge on any atom is 0.335 e. The third-order valence-electron chi connectivity index (χ3n) is 3.59. The number of fused-ring (bicyclic) bond motifs is 1. The number of aromatic carboxylic acids is 1. The quantitative estimate of drug-likeness (QED) is 0.868. The molecule has 1 aliphatic heterocycles. The van der Waals surface area contributed by atoms with E-state index in [1.807, 2.05) is 6.92 Å². The van der Waals surface area contributed by atoms with Crippen LogP contribution in [0, 0.1) is 0 Å². The maximum absolute atomic E-state index is 12.3. The fraction of sp³-hybridized carbons (Fsp3) is 0.467.